The zero-order chi connectivity index (χ0) is 14.3. The summed E-state index contributed by atoms with van der Waals surface area (Å²) in [6.45, 7) is 5.64. The van der Waals surface area contributed by atoms with Gasteiger partial charge in [-0.25, -0.2) is 0 Å². The van der Waals surface area contributed by atoms with Gasteiger partial charge in [-0.1, -0.05) is 0 Å². The van der Waals surface area contributed by atoms with Crippen LogP contribution in [0.1, 0.15) is 37.6 Å². The highest BCUT2D eigenvalue weighted by Crippen LogP contribution is 2.48. The number of fused-ring (bicyclic) bond motifs is 2. The van der Waals surface area contributed by atoms with Crippen LogP contribution in [0, 0.1) is 24.7 Å². The molecule has 0 radical (unpaired) electrons. The molecule has 1 aromatic rings. The summed E-state index contributed by atoms with van der Waals surface area (Å²) >= 11 is 0. The highest BCUT2D eigenvalue weighted by atomic mass is 16.4. The van der Waals surface area contributed by atoms with Gasteiger partial charge in [-0.05, 0) is 51.0 Å². The molecule has 5 nitrogen and oxygen atoms in total. The molecule has 20 heavy (non-hydrogen) atoms. The Balaban J connectivity index is 1.69. The summed E-state index contributed by atoms with van der Waals surface area (Å²) in [4.78, 5) is 11.5. The fraction of sp³-hybridized carbons (Fsp3) is 0.733. The number of carbonyl (C=O) groups is 1. The Labute approximate surface area is 119 Å². The van der Waals surface area contributed by atoms with Crippen molar-refractivity contribution in [1.29, 1.82) is 0 Å². The molecule has 2 aliphatic carbocycles. The molecular weight excluding hydrogens is 254 g/mol. The second-order valence-corrected chi connectivity index (χ2v) is 6.20. The molecule has 3 rings (SSSR count). The molecule has 1 heterocycles. The first kappa shape index (κ1) is 13.6. The summed E-state index contributed by atoms with van der Waals surface area (Å²) < 4.78 is 1.99. The highest BCUT2D eigenvalue weighted by Gasteiger charge is 2.50. The first-order chi connectivity index (χ1) is 9.60. The summed E-state index contributed by atoms with van der Waals surface area (Å²) in [5, 5.41) is 17.4. The van der Waals surface area contributed by atoms with E-state index < -0.39 is 5.97 Å². The van der Waals surface area contributed by atoms with Gasteiger partial charge in [-0.15, -0.1) is 0 Å². The number of carboxylic acid groups (broad SMARTS) is 1. The van der Waals surface area contributed by atoms with E-state index in [9.17, 15) is 9.90 Å². The van der Waals surface area contributed by atoms with Crippen LogP contribution in [0.3, 0.4) is 0 Å². The maximum atomic E-state index is 11.5. The minimum atomic E-state index is -0.630. The first-order valence-corrected chi connectivity index (χ1v) is 7.59. The molecule has 0 amide bonds. The highest BCUT2D eigenvalue weighted by molar-refractivity contribution is 5.72. The van der Waals surface area contributed by atoms with Gasteiger partial charge in [0, 0.05) is 19.1 Å². The lowest BCUT2D eigenvalue weighted by Gasteiger charge is -2.29. The van der Waals surface area contributed by atoms with E-state index in [-0.39, 0.29) is 12.0 Å². The SMILES string of the molecule is CCn1nc(C)cc1CNC1C2CCC(C2)C1C(=O)O. The molecule has 4 unspecified atom stereocenters. The lowest BCUT2D eigenvalue weighted by atomic mass is 9.84. The van der Waals surface area contributed by atoms with Crippen LogP contribution in [0.15, 0.2) is 6.07 Å². The Kier molecular flexibility index (Phi) is 3.54. The van der Waals surface area contributed by atoms with E-state index in [2.05, 4.69) is 23.4 Å². The molecule has 1 aromatic heterocycles. The predicted molar refractivity (Wildman–Crippen MR) is 75.2 cm³/mol. The average molecular weight is 277 g/mol. The third-order valence-corrected chi connectivity index (χ3v) is 5.01. The first-order valence-electron chi connectivity index (χ1n) is 7.59. The fourth-order valence-electron chi connectivity index (χ4n) is 4.18. The van der Waals surface area contributed by atoms with Crippen LogP contribution in [0.4, 0.5) is 0 Å². The standard InChI is InChI=1S/C15H23N3O2/c1-3-18-12(6-9(2)17-18)8-16-14-11-5-4-10(7-11)13(14)15(19)20/h6,10-11,13-14,16H,3-5,7-8H2,1-2H3,(H,19,20). The summed E-state index contributed by atoms with van der Waals surface area (Å²) in [5.41, 5.74) is 2.17. The van der Waals surface area contributed by atoms with E-state index in [0.29, 0.717) is 18.4 Å². The second kappa shape index (κ2) is 5.20. The van der Waals surface area contributed by atoms with E-state index in [0.717, 1.165) is 30.8 Å². The third kappa shape index (κ3) is 2.24. The number of hydrogen-bond acceptors (Lipinski definition) is 3. The molecule has 2 bridgehead atoms. The minimum Gasteiger partial charge on any atom is -0.481 e. The number of nitrogens with one attached hydrogen (secondary N) is 1. The zero-order valence-corrected chi connectivity index (χ0v) is 12.2. The van der Waals surface area contributed by atoms with Crippen molar-refractivity contribution in [2.24, 2.45) is 17.8 Å². The maximum Gasteiger partial charge on any atom is 0.308 e. The van der Waals surface area contributed by atoms with Gasteiger partial charge in [0.2, 0.25) is 0 Å². The largest absolute Gasteiger partial charge is 0.481 e. The smallest absolute Gasteiger partial charge is 0.308 e. The lowest BCUT2D eigenvalue weighted by Crippen LogP contribution is -2.44. The molecule has 2 aliphatic rings. The van der Waals surface area contributed by atoms with Crippen LogP contribution in [0.5, 0.6) is 0 Å². The normalized spacial score (nSPS) is 31.9. The lowest BCUT2D eigenvalue weighted by molar-refractivity contribution is -0.144. The van der Waals surface area contributed by atoms with Gasteiger partial charge in [0.05, 0.1) is 17.3 Å². The Bertz CT molecular complexity index is 511. The van der Waals surface area contributed by atoms with E-state index in [4.69, 9.17) is 0 Å². The van der Waals surface area contributed by atoms with Gasteiger partial charge in [0.15, 0.2) is 0 Å². The van der Waals surface area contributed by atoms with E-state index in [1.807, 2.05) is 11.6 Å². The Morgan fingerprint density at radius 2 is 2.25 bits per heavy atom. The van der Waals surface area contributed by atoms with Crippen LogP contribution < -0.4 is 5.32 Å². The molecule has 0 spiro atoms. The summed E-state index contributed by atoms with van der Waals surface area (Å²) in [6.07, 6.45) is 3.35. The van der Waals surface area contributed by atoms with Crippen LogP contribution in [0.2, 0.25) is 0 Å². The third-order valence-electron chi connectivity index (χ3n) is 5.01. The monoisotopic (exact) mass is 277 g/mol. The van der Waals surface area contributed by atoms with Crippen LogP contribution in [-0.4, -0.2) is 26.9 Å². The van der Waals surface area contributed by atoms with Crippen LogP contribution >= 0.6 is 0 Å². The van der Waals surface area contributed by atoms with E-state index in [1.165, 1.54) is 6.42 Å². The van der Waals surface area contributed by atoms with Crippen LogP contribution in [-0.2, 0) is 17.9 Å². The molecule has 0 aromatic carbocycles. The van der Waals surface area contributed by atoms with Gasteiger partial charge in [0.25, 0.3) is 0 Å². The van der Waals surface area contributed by atoms with Gasteiger partial charge in [0.1, 0.15) is 0 Å². The predicted octanol–water partition coefficient (Wildman–Crippen LogP) is 1.80. The fourth-order valence-corrected chi connectivity index (χ4v) is 4.18. The molecule has 5 heteroatoms. The number of rotatable bonds is 5. The van der Waals surface area contributed by atoms with Crippen molar-refractivity contribution >= 4 is 5.97 Å². The molecule has 4 atom stereocenters. The van der Waals surface area contributed by atoms with E-state index >= 15 is 0 Å². The number of hydrogen-bond donors (Lipinski definition) is 2. The van der Waals surface area contributed by atoms with E-state index in [1.54, 1.807) is 0 Å². The van der Waals surface area contributed by atoms with Crippen molar-refractivity contribution in [3.8, 4) is 0 Å². The Morgan fingerprint density at radius 1 is 1.50 bits per heavy atom. The molecule has 2 fully saturated rings. The zero-order valence-electron chi connectivity index (χ0n) is 12.2. The van der Waals surface area contributed by atoms with Gasteiger partial charge >= 0.3 is 5.97 Å². The maximum absolute atomic E-state index is 11.5. The molecule has 2 saturated carbocycles. The molecule has 2 N–H and O–H groups in total. The molecule has 0 saturated heterocycles. The summed E-state index contributed by atoms with van der Waals surface area (Å²) in [6, 6.07) is 2.21. The Morgan fingerprint density at radius 3 is 2.95 bits per heavy atom. The van der Waals surface area contributed by atoms with Crippen molar-refractivity contribution in [2.75, 3.05) is 0 Å². The minimum absolute atomic E-state index is 0.131. The van der Waals surface area contributed by atoms with Crippen LogP contribution in [0.25, 0.3) is 0 Å². The topological polar surface area (TPSA) is 67.2 Å². The second-order valence-electron chi connectivity index (χ2n) is 6.20. The van der Waals surface area contributed by atoms with Gasteiger partial charge in [-0.3, -0.25) is 9.48 Å². The Hall–Kier alpha value is -1.36. The van der Waals surface area contributed by atoms with Crippen molar-refractivity contribution in [2.45, 2.75) is 52.2 Å². The summed E-state index contributed by atoms with van der Waals surface area (Å²) in [5.74, 6) is 0.0933. The molecule has 110 valence electrons. The van der Waals surface area contributed by atoms with Gasteiger partial charge < -0.3 is 10.4 Å². The molecule has 0 aliphatic heterocycles. The van der Waals surface area contributed by atoms with Crippen molar-refractivity contribution in [3.63, 3.8) is 0 Å². The average Bonchev–Trinajstić information content (AvgIpc) is 3.08. The quantitative estimate of drug-likeness (QED) is 0.861. The van der Waals surface area contributed by atoms with Gasteiger partial charge in [-0.2, -0.15) is 5.10 Å². The van der Waals surface area contributed by atoms with Crippen molar-refractivity contribution in [3.05, 3.63) is 17.5 Å². The number of aromatic nitrogens is 2. The number of aryl methyl sites for hydroxylation is 2. The number of nitrogens with zero attached hydrogens (tertiary/aromatic N) is 2. The summed E-state index contributed by atoms with van der Waals surface area (Å²) in [7, 11) is 0. The van der Waals surface area contributed by atoms with Crippen molar-refractivity contribution in [1.82, 2.24) is 15.1 Å². The van der Waals surface area contributed by atoms with Crippen molar-refractivity contribution < 1.29 is 9.90 Å². The number of carboxylic acids is 1. The number of aliphatic carboxylic acids is 1. The molecular formula is C15H23N3O2.